The van der Waals surface area contributed by atoms with E-state index in [9.17, 15) is 15.0 Å². The van der Waals surface area contributed by atoms with E-state index in [-0.39, 0.29) is 5.92 Å². The normalized spacial score (nSPS) is 57.1. The van der Waals surface area contributed by atoms with Gasteiger partial charge in [0.05, 0.1) is 11.0 Å². The molecule has 0 amide bonds. The molecule has 0 aromatic rings. The predicted octanol–water partition coefficient (Wildman–Crippen LogP) is 1.65. The standard InChI is InChI=1S/C12H18O3/c1-11(15)9-3-7-2-8(4-9)6-12(11,5-7)10(13)14/h7-9,15H,2-6H2,1H3,(H,13,14). The Bertz CT molecular complexity index is 307. The van der Waals surface area contributed by atoms with Gasteiger partial charge in [0.1, 0.15) is 0 Å². The van der Waals surface area contributed by atoms with Crippen LogP contribution in [0, 0.1) is 23.2 Å². The van der Waals surface area contributed by atoms with Gasteiger partial charge in [-0.05, 0) is 56.8 Å². The maximum Gasteiger partial charge on any atom is 0.312 e. The van der Waals surface area contributed by atoms with E-state index in [0.717, 1.165) is 12.8 Å². The first-order valence-electron chi connectivity index (χ1n) is 5.91. The molecule has 4 rings (SSSR count). The van der Waals surface area contributed by atoms with Crippen molar-refractivity contribution in [2.45, 2.75) is 44.6 Å². The van der Waals surface area contributed by atoms with Crippen molar-refractivity contribution in [3.8, 4) is 0 Å². The topological polar surface area (TPSA) is 57.5 Å². The first-order valence-corrected chi connectivity index (χ1v) is 5.91. The van der Waals surface area contributed by atoms with E-state index in [2.05, 4.69) is 0 Å². The molecule has 15 heavy (non-hydrogen) atoms. The largest absolute Gasteiger partial charge is 0.481 e. The zero-order chi connectivity index (χ0) is 10.8. The van der Waals surface area contributed by atoms with Crippen molar-refractivity contribution in [3.05, 3.63) is 0 Å². The predicted molar refractivity (Wildman–Crippen MR) is 54.2 cm³/mol. The Morgan fingerprint density at radius 3 is 2.20 bits per heavy atom. The Morgan fingerprint density at radius 2 is 1.73 bits per heavy atom. The van der Waals surface area contributed by atoms with E-state index in [1.54, 1.807) is 6.92 Å². The summed E-state index contributed by atoms with van der Waals surface area (Å²) in [5.74, 6) is 0.559. The molecule has 2 N–H and O–H groups in total. The average molecular weight is 210 g/mol. The third kappa shape index (κ3) is 0.975. The Hall–Kier alpha value is -0.570. The SMILES string of the molecule is CC1(O)C2CC3CC(C2)CC1(C(=O)O)C3. The number of aliphatic hydroxyl groups is 1. The van der Waals surface area contributed by atoms with Crippen LogP contribution >= 0.6 is 0 Å². The number of aliphatic carboxylic acids is 1. The molecular weight excluding hydrogens is 192 g/mol. The van der Waals surface area contributed by atoms with Crippen molar-refractivity contribution >= 4 is 5.97 Å². The lowest BCUT2D eigenvalue weighted by atomic mass is 9.43. The average Bonchev–Trinajstić information content (AvgIpc) is 2.13. The van der Waals surface area contributed by atoms with Crippen LogP contribution in [0.25, 0.3) is 0 Å². The number of hydrogen-bond donors (Lipinski definition) is 2. The van der Waals surface area contributed by atoms with Gasteiger partial charge in [-0.2, -0.15) is 0 Å². The van der Waals surface area contributed by atoms with Crippen LogP contribution in [0.4, 0.5) is 0 Å². The van der Waals surface area contributed by atoms with Gasteiger partial charge in [-0.3, -0.25) is 4.79 Å². The van der Waals surface area contributed by atoms with Gasteiger partial charge in [-0.15, -0.1) is 0 Å². The van der Waals surface area contributed by atoms with Gasteiger partial charge in [0.15, 0.2) is 0 Å². The van der Waals surface area contributed by atoms with E-state index in [0.29, 0.717) is 24.7 Å². The van der Waals surface area contributed by atoms with Crippen LogP contribution in [0.15, 0.2) is 0 Å². The molecule has 0 saturated heterocycles. The number of carbonyl (C=O) groups is 1. The van der Waals surface area contributed by atoms with E-state index in [1.807, 2.05) is 0 Å². The van der Waals surface area contributed by atoms with Crippen LogP contribution in [-0.2, 0) is 4.79 Å². The molecule has 3 heteroatoms. The molecule has 0 aliphatic heterocycles. The summed E-state index contributed by atoms with van der Waals surface area (Å²) in [6, 6.07) is 0. The maximum absolute atomic E-state index is 11.5. The zero-order valence-electron chi connectivity index (χ0n) is 9.07. The summed E-state index contributed by atoms with van der Waals surface area (Å²) in [6.45, 7) is 1.75. The minimum absolute atomic E-state index is 0.222. The minimum atomic E-state index is -0.980. The summed E-state index contributed by atoms with van der Waals surface area (Å²) in [5, 5.41) is 20.0. The second-order valence-electron chi connectivity index (χ2n) is 6.08. The first kappa shape index (κ1) is 9.64. The van der Waals surface area contributed by atoms with Gasteiger partial charge in [0.25, 0.3) is 0 Å². The lowest BCUT2D eigenvalue weighted by Crippen LogP contribution is -2.66. The summed E-state index contributed by atoms with van der Waals surface area (Å²) in [6.07, 6.45) is 4.67. The van der Waals surface area contributed by atoms with Crippen LogP contribution in [0.2, 0.25) is 0 Å². The van der Waals surface area contributed by atoms with E-state index in [1.165, 1.54) is 6.42 Å². The molecule has 3 atom stereocenters. The van der Waals surface area contributed by atoms with Crippen LogP contribution < -0.4 is 0 Å². The molecule has 4 saturated carbocycles. The van der Waals surface area contributed by atoms with Gasteiger partial charge < -0.3 is 10.2 Å². The Labute approximate surface area is 89.5 Å². The van der Waals surface area contributed by atoms with Gasteiger partial charge in [-0.1, -0.05) is 0 Å². The van der Waals surface area contributed by atoms with Crippen LogP contribution in [-0.4, -0.2) is 21.8 Å². The van der Waals surface area contributed by atoms with Crippen molar-refractivity contribution in [1.82, 2.24) is 0 Å². The first-order chi connectivity index (χ1) is 6.96. The number of rotatable bonds is 1. The van der Waals surface area contributed by atoms with E-state index in [4.69, 9.17) is 0 Å². The maximum atomic E-state index is 11.5. The molecule has 4 aliphatic rings. The van der Waals surface area contributed by atoms with Crippen molar-refractivity contribution in [2.75, 3.05) is 0 Å². The Kier molecular flexibility index (Phi) is 1.65. The summed E-state index contributed by atoms with van der Waals surface area (Å²) in [5.41, 5.74) is -1.81. The fourth-order valence-electron chi connectivity index (χ4n) is 4.62. The fraction of sp³-hybridized carbons (Fsp3) is 0.917. The second-order valence-corrected chi connectivity index (χ2v) is 6.08. The molecule has 0 aromatic heterocycles. The molecule has 3 nitrogen and oxygen atoms in total. The number of carboxylic acids is 1. The summed E-state index contributed by atoms with van der Waals surface area (Å²) < 4.78 is 0. The van der Waals surface area contributed by atoms with Gasteiger partial charge in [0, 0.05) is 0 Å². The van der Waals surface area contributed by atoms with Crippen molar-refractivity contribution < 1.29 is 15.0 Å². The molecular formula is C12H18O3. The molecule has 0 spiro atoms. The van der Waals surface area contributed by atoms with Gasteiger partial charge in [-0.25, -0.2) is 0 Å². The Morgan fingerprint density at radius 1 is 1.20 bits per heavy atom. The molecule has 0 heterocycles. The van der Waals surface area contributed by atoms with Gasteiger partial charge >= 0.3 is 5.97 Å². The number of hydrogen-bond acceptors (Lipinski definition) is 2. The van der Waals surface area contributed by atoms with E-state index >= 15 is 0 Å². The molecule has 4 bridgehead atoms. The summed E-state index contributed by atoms with van der Waals surface area (Å²) in [4.78, 5) is 11.5. The third-order valence-corrected chi connectivity index (χ3v) is 5.35. The molecule has 3 unspecified atom stereocenters. The van der Waals surface area contributed by atoms with Crippen LogP contribution in [0.1, 0.15) is 39.0 Å². The number of carboxylic acid groups (broad SMARTS) is 1. The zero-order valence-corrected chi connectivity index (χ0v) is 9.07. The highest BCUT2D eigenvalue weighted by molar-refractivity contribution is 5.77. The van der Waals surface area contributed by atoms with Crippen molar-refractivity contribution in [3.63, 3.8) is 0 Å². The van der Waals surface area contributed by atoms with Crippen molar-refractivity contribution in [1.29, 1.82) is 0 Å². The summed E-state index contributed by atoms with van der Waals surface area (Å²) in [7, 11) is 0. The molecule has 4 aliphatic carbocycles. The molecule has 0 aromatic carbocycles. The highest BCUT2D eigenvalue weighted by atomic mass is 16.4. The van der Waals surface area contributed by atoms with Crippen molar-refractivity contribution in [2.24, 2.45) is 23.2 Å². The quantitative estimate of drug-likeness (QED) is 0.692. The molecule has 4 fully saturated rings. The smallest absolute Gasteiger partial charge is 0.312 e. The lowest BCUT2D eigenvalue weighted by molar-refractivity contribution is -0.228. The lowest BCUT2D eigenvalue weighted by Gasteiger charge is -2.62. The molecule has 0 radical (unpaired) electrons. The summed E-state index contributed by atoms with van der Waals surface area (Å²) >= 11 is 0. The third-order valence-electron chi connectivity index (χ3n) is 5.35. The van der Waals surface area contributed by atoms with E-state index < -0.39 is 17.0 Å². The van der Waals surface area contributed by atoms with Crippen LogP contribution in [0.3, 0.4) is 0 Å². The second kappa shape index (κ2) is 2.57. The van der Waals surface area contributed by atoms with Crippen LogP contribution in [0.5, 0.6) is 0 Å². The monoisotopic (exact) mass is 210 g/mol. The highest BCUT2D eigenvalue weighted by Gasteiger charge is 2.66. The highest BCUT2D eigenvalue weighted by Crippen LogP contribution is 2.64. The minimum Gasteiger partial charge on any atom is -0.481 e. The Balaban J connectivity index is 2.08. The molecule has 84 valence electrons. The van der Waals surface area contributed by atoms with Gasteiger partial charge in [0.2, 0.25) is 0 Å². The fourth-order valence-corrected chi connectivity index (χ4v) is 4.62.